The smallest absolute Gasteiger partial charge is 0.256 e. The van der Waals surface area contributed by atoms with Crippen LogP contribution in [-0.2, 0) is 11.2 Å². The molecule has 1 fully saturated rings. The molecule has 1 atom stereocenters. The van der Waals surface area contributed by atoms with Gasteiger partial charge in [0.25, 0.3) is 5.91 Å². The minimum atomic E-state index is 0.157. The van der Waals surface area contributed by atoms with E-state index in [-0.39, 0.29) is 5.91 Å². The fraction of sp³-hybridized carbons (Fsp3) is 0.357. The number of carbonyl (C=O) groups excluding carboxylic acids is 1. The summed E-state index contributed by atoms with van der Waals surface area (Å²) in [5, 5.41) is 3.14. The van der Waals surface area contributed by atoms with Crippen LogP contribution in [-0.4, -0.2) is 19.0 Å². The Labute approximate surface area is 101 Å². The predicted molar refractivity (Wildman–Crippen MR) is 67.7 cm³/mol. The maximum absolute atomic E-state index is 12.2. The van der Waals surface area contributed by atoms with Gasteiger partial charge < -0.3 is 10.2 Å². The van der Waals surface area contributed by atoms with Gasteiger partial charge in [0, 0.05) is 36.5 Å². The second kappa shape index (κ2) is 3.91. The van der Waals surface area contributed by atoms with Gasteiger partial charge in [-0.1, -0.05) is 19.1 Å². The molecule has 1 aromatic rings. The Kier molecular flexibility index (Phi) is 2.39. The third-order valence-electron chi connectivity index (χ3n) is 3.61. The van der Waals surface area contributed by atoms with Crippen LogP contribution in [0, 0.1) is 5.92 Å². The Morgan fingerprint density at radius 1 is 1.35 bits per heavy atom. The number of fused-ring (bicyclic) bond motifs is 1. The van der Waals surface area contributed by atoms with Crippen LogP contribution < -0.4 is 10.2 Å². The van der Waals surface area contributed by atoms with Crippen molar-refractivity contribution in [3.63, 3.8) is 0 Å². The third kappa shape index (κ3) is 1.62. The van der Waals surface area contributed by atoms with Crippen LogP contribution in [0.4, 0.5) is 5.69 Å². The van der Waals surface area contributed by atoms with Crippen molar-refractivity contribution in [3.05, 3.63) is 41.6 Å². The molecular formula is C14H16N2O. The summed E-state index contributed by atoms with van der Waals surface area (Å²) in [5.41, 5.74) is 3.26. The third-order valence-corrected chi connectivity index (χ3v) is 3.61. The molecule has 0 saturated carbocycles. The van der Waals surface area contributed by atoms with Crippen molar-refractivity contribution >= 4 is 11.6 Å². The van der Waals surface area contributed by atoms with Gasteiger partial charge in [-0.15, -0.1) is 0 Å². The number of rotatable bonds is 2. The van der Waals surface area contributed by atoms with Crippen LogP contribution in [0.15, 0.2) is 36.0 Å². The molecule has 1 saturated heterocycles. The fourth-order valence-corrected chi connectivity index (χ4v) is 2.53. The number of amides is 1. The maximum Gasteiger partial charge on any atom is 0.256 e. The number of nitrogens with one attached hydrogen (secondary N) is 1. The van der Waals surface area contributed by atoms with E-state index in [2.05, 4.69) is 24.4 Å². The molecule has 2 aliphatic rings. The molecule has 1 unspecified atom stereocenters. The van der Waals surface area contributed by atoms with Crippen molar-refractivity contribution < 1.29 is 4.79 Å². The first-order valence-corrected chi connectivity index (χ1v) is 6.14. The molecule has 17 heavy (non-hydrogen) atoms. The van der Waals surface area contributed by atoms with E-state index in [4.69, 9.17) is 0 Å². The first-order chi connectivity index (χ1) is 8.29. The molecule has 1 amide bonds. The molecule has 88 valence electrons. The summed E-state index contributed by atoms with van der Waals surface area (Å²) >= 11 is 0. The molecule has 0 aliphatic carbocycles. The highest BCUT2D eigenvalue weighted by molar-refractivity contribution is 6.09. The van der Waals surface area contributed by atoms with Crippen molar-refractivity contribution in [2.24, 2.45) is 5.92 Å². The zero-order valence-corrected chi connectivity index (χ0v) is 9.94. The molecule has 1 aromatic carbocycles. The molecule has 2 heterocycles. The fourth-order valence-electron chi connectivity index (χ4n) is 2.53. The predicted octanol–water partition coefficient (Wildman–Crippen LogP) is 1.70. The van der Waals surface area contributed by atoms with Crippen molar-refractivity contribution in [1.82, 2.24) is 5.32 Å². The molecule has 3 nitrogen and oxygen atoms in total. The molecule has 2 aliphatic heterocycles. The summed E-state index contributed by atoms with van der Waals surface area (Å²) in [7, 11) is 0. The highest BCUT2D eigenvalue weighted by Gasteiger charge is 2.37. The maximum atomic E-state index is 12.2. The molecule has 1 N–H and O–H groups in total. The Morgan fingerprint density at radius 3 is 2.76 bits per heavy atom. The lowest BCUT2D eigenvalue weighted by Gasteiger charge is -2.17. The largest absolute Gasteiger partial charge is 0.390 e. The molecule has 0 aromatic heterocycles. The molecule has 0 bridgehead atoms. The number of anilines is 1. The second-order valence-corrected chi connectivity index (χ2v) is 4.64. The highest BCUT2D eigenvalue weighted by atomic mass is 16.2. The highest BCUT2D eigenvalue weighted by Crippen LogP contribution is 2.30. The molecule has 0 spiro atoms. The molecule has 0 radical (unpaired) electrons. The van der Waals surface area contributed by atoms with Crippen LogP contribution in [0.25, 0.3) is 0 Å². The average molecular weight is 228 g/mol. The number of aryl methyl sites for hydroxylation is 1. The quantitative estimate of drug-likeness (QED) is 0.835. The Balaban J connectivity index is 1.87. The van der Waals surface area contributed by atoms with Crippen LogP contribution in [0.3, 0.4) is 0 Å². The first-order valence-electron chi connectivity index (χ1n) is 6.14. The monoisotopic (exact) mass is 228 g/mol. The lowest BCUT2D eigenvalue weighted by atomic mass is 10.1. The van der Waals surface area contributed by atoms with Crippen LogP contribution in [0.5, 0.6) is 0 Å². The normalized spacial score (nSPS) is 22.4. The van der Waals surface area contributed by atoms with Gasteiger partial charge in [-0.2, -0.15) is 0 Å². The summed E-state index contributed by atoms with van der Waals surface area (Å²) in [4.78, 5) is 14.0. The van der Waals surface area contributed by atoms with E-state index in [9.17, 15) is 4.79 Å². The van der Waals surface area contributed by atoms with Gasteiger partial charge in [-0.25, -0.2) is 0 Å². The summed E-state index contributed by atoms with van der Waals surface area (Å²) in [6, 6.07) is 8.30. The lowest BCUT2D eigenvalue weighted by molar-refractivity contribution is -0.114. The van der Waals surface area contributed by atoms with E-state index in [0.717, 1.165) is 30.8 Å². The minimum absolute atomic E-state index is 0.157. The summed E-state index contributed by atoms with van der Waals surface area (Å²) in [6.45, 7) is 3.84. The number of carbonyl (C=O) groups is 1. The summed E-state index contributed by atoms with van der Waals surface area (Å²) in [5.74, 6) is 0.526. The van der Waals surface area contributed by atoms with Crippen LogP contribution in [0.2, 0.25) is 0 Å². The summed E-state index contributed by atoms with van der Waals surface area (Å²) in [6.07, 6.45) is 2.90. The molecular weight excluding hydrogens is 212 g/mol. The number of hydrogen-bond acceptors (Lipinski definition) is 2. The summed E-state index contributed by atoms with van der Waals surface area (Å²) < 4.78 is 0. The first kappa shape index (κ1) is 10.4. The van der Waals surface area contributed by atoms with E-state index in [1.54, 1.807) is 0 Å². The topological polar surface area (TPSA) is 32.3 Å². The van der Waals surface area contributed by atoms with Crippen LogP contribution in [0.1, 0.15) is 12.5 Å². The van der Waals surface area contributed by atoms with Gasteiger partial charge in [0.2, 0.25) is 0 Å². The van der Waals surface area contributed by atoms with Gasteiger partial charge in [0.1, 0.15) is 0 Å². The van der Waals surface area contributed by atoms with Crippen LogP contribution >= 0.6 is 0 Å². The van der Waals surface area contributed by atoms with Crippen molar-refractivity contribution in [2.45, 2.75) is 13.3 Å². The minimum Gasteiger partial charge on any atom is -0.390 e. The van der Waals surface area contributed by atoms with E-state index in [0.29, 0.717) is 5.92 Å². The Morgan fingerprint density at radius 2 is 2.12 bits per heavy atom. The SMILES string of the molecule is CCc1ccc(N2CC3CNC=C3C2=O)cc1. The zero-order valence-electron chi connectivity index (χ0n) is 9.94. The Hall–Kier alpha value is -1.77. The van der Waals surface area contributed by atoms with Crippen molar-refractivity contribution in [2.75, 3.05) is 18.0 Å². The zero-order chi connectivity index (χ0) is 11.8. The molecule has 3 heteroatoms. The van der Waals surface area contributed by atoms with Gasteiger partial charge >= 0.3 is 0 Å². The average Bonchev–Trinajstić information content (AvgIpc) is 2.93. The van der Waals surface area contributed by atoms with E-state index in [1.165, 1.54) is 5.56 Å². The lowest BCUT2D eigenvalue weighted by Crippen LogP contribution is -2.27. The van der Waals surface area contributed by atoms with Crippen molar-refractivity contribution in [1.29, 1.82) is 0 Å². The van der Waals surface area contributed by atoms with E-state index < -0.39 is 0 Å². The second-order valence-electron chi connectivity index (χ2n) is 4.64. The van der Waals surface area contributed by atoms with E-state index in [1.807, 2.05) is 23.2 Å². The number of benzene rings is 1. The van der Waals surface area contributed by atoms with E-state index >= 15 is 0 Å². The van der Waals surface area contributed by atoms with Gasteiger partial charge in [0.05, 0.1) is 0 Å². The van der Waals surface area contributed by atoms with Gasteiger partial charge in [-0.05, 0) is 24.1 Å². The number of hydrogen-bond donors (Lipinski definition) is 1. The van der Waals surface area contributed by atoms with Crippen molar-refractivity contribution in [3.8, 4) is 0 Å². The number of nitrogens with zero attached hydrogens (tertiary/aromatic N) is 1. The van der Waals surface area contributed by atoms with Gasteiger partial charge in [-0.3, -0.25) is 4.79 Å². The molecule has 3 rings (SSSR count). The standard InChI is InChI=1S/C14H16N2O/c1-2-10-3-5-12(6-4-10)16-9-11-7-15-8-13(11)14(16)17/h3-6,8,11,15H,2,7,9H2,1H3. The van der Waals surface area contributed by atoms with Gasteiger partial charge in [0.15, 0.2) is 0 Å². The Bertz CT molecular complexity index is 476.